The Morgan fingerprint density at radius 2 is 1.85 bits per heavy atom. The third-order valence-electron chi connectivity index (χ3n) is 4.21. The maximum absolute atomic E-state index is 12.1. The predicted octanol–water partition coefficient (Wildman–Crippen LogP) is 3.34. The summed E-state index contributed by atoms with van der Waals surface area (Å²) in [6, 6.07) is 14.4. The molecule has 0 fully saturated rings. The van der Waals surface area contributed by atoms with Crippen molar-refractivity contribution in [3.63, 3.8) is 0 Å². The maximum Gasteiger partial charge on any atom is 0.349 e. The lowest BCUT2D eigenvalue weighted by Gasteiger charge is -2.16. The van der Waals surface area contributed by atoms with Crippen LogP contribution in [-0.2, 0) is 14.3 Å². The average Bonchev–Trinajstić information content (AvgIpc) is 2.66. The number of carbonyl (C=O) groups is 1. The average molecular weight is 368 g/mol. The zero-order valence-electron chi connectivity index (χ0n) is 15.4. The molecule has 2 aromatic carbocycles. The Morgan fingerprint density at radius 1 is 1.07 bits per heavy atom. The molecule has 0 spiro atoms. The summed E-state index contributed by atoms with van der Waals surface area (Å²) in [6.07, 6.45) is -0.913. The van der Waals surface area contributed by atoms with Crippen LogP contribution < -0.4 is 10.4 Å². The molecule has 6 heteroatoms. The van der Waals surface area contributed by atoms with E-state index in [9.17, 15) is 9.59 Å². The van der Waals surface area contributed by atoms with Crippen molar-refractivity contribution in [1.29, 1.82) is 0 Å². The number of carbonyl (C=O) groups excluding carboxylic acids is 1. The first-order valence-electron chi connectivity index (χ1n) is 8.41. The summed E-state index contributed by atoms with van der Waals surface area (Å²) in [5.74, 6) is -0.174. The van der Waals surface area contributed by atoms with Gasteiger partial charge in [-0.3, -0.25) is 0 Å². The van der Waals surface area contributed by atoms with Crippen LogP contribution in [0.15, 0.2) is 57.7 Å². The van der Waals surface area contributed by atoms with Crippen molar-refractivity contribution in [3.8, 4) is 16.9 Å². The Hall–Kier alpha value is -3.12. The summed E-state index contributed by atoms with van der Waals surface area (Å²) < 4.78 is 20.7. The summed E-state index contributed by atoms with van der Waals surface area (Å²) in [6.45, 7) is 2.02. The summed E-state index contributed by atoms with van der Waals surface area (Å²) in [5.41, 5.74) is 2.71. The van der Waals surface area contributed by atoms with Crippen LogP contribution in [0.5, 0.6) is 5.75 Å². The van der Waals surface area contributed by atoms with E-state index in [1.165, 1.54) is 20.3 Å². The molecule has 3 aromatic rings. The lowest BCUT2D eigenvalue weighted by molar-refractivity contribution is -0.151. The van der Waals surface area contributed by atoms with Gasteiger partial charge in [0, 0.05) is 30.2 Å². The van der Waals surface area contributed by atoms with Crippen molar-refractivity contribution in [2.45, 2.75) is 13.0 Å². The summed E-state index contributed by atoms with van der Waals surface area (Å²) in [5, 5.41) is 0.776. The molecule has 0 aliphatic heterocycles. The number of ether oxygens (including phenoxy) is 3. The molecule has 0 aliphatic rings. The molecule has 0 amide bonds. The molecule has 1 unspecified atom stereocenters. The van der Waals surface area contributed by atoms with Crippen LogP contribution in [-0.4, -0.2) is 32.9 Å². The lowest BCUT2D eigenvalue weighted by Crippen LogP contribution is -2.32. The van der Waals surface area contributed by atoms with Gasteiger partial charge in [0.05, 0.1) is 13.7 Å². The molecular weight excluding hydrogens is 348 g/mol. The SMILES string of the molecule is COCC(Oc1ccc2c(-c3ccccc3C)cc(=O)oc2c1)C(=O)OC. The Labute approximate surface area is 156 Å². The number of esters is 1. The molecular formula is C21H20O6. The molecule has 0 N–H and O–H groups in total. The van der Waals surface area contributed by atoms with Gasteiger partial charge in [-0.1, -0.05) is 24.3 Å². The highest BCUT2D eigenvalue weighted by Crippen LogP contribution is 2.31. The minimum Gasteiger partial charge on any atom is -0.476 e. The molecule has 0 aliphatic carbocycles. The Kier molecular flexibility index (Phi) is 5.57. The largest absolute Gasteiger partial charge is 0.476 e. The number of rotatable bonds is 6. The second-order valence-electron chi connectivity index (χ2n) is 6.04. The quantitative estimate of drug-likeness (QED) is 0.491. The highest BCUT2D eigenvalue weighted by Gasteiger charge is 2.21. The van der Waals surface area contributed by atoms with Gasteiger partial charge in [-0.25, -0.2) is 9.59 Å². The van der Waals surface area contributed by atoms with Crippen molar-refractivity contribution < 1.29 is 23.4 Å². The van der Waals surface area contributed by atoms with Crippen LogP contribution in [0.4, 0.5) is 0 Å². The fourth-order valence-electron chi connectivity index (χ4n) is 2.91. The van der Waals surface area contributed by atoms with Crippen molar-refractivity contribution in [3.05, 3.63) is 64.5 Å². The number of methoxy groups -OCH3 is 2. The van der Waals surface area contributed by atoms with E-state index in [2.05, 4.69) is 0 Å². The molecule has 1 atom stereocenters. The van der Waals surface area contributed by atoms with Gasteiger partial charge < -0.3 is 18.6 Å². The van der Waals surface area contributed by atoms with Gasteiger partial charge in [0.25, 0.3) is 0 Å². The van der Waals surface area contributed by atoms with Gasteiger partial charge >= 0.3 is 11.6 Å². The van der Waals surface area contributed by atoms with E-state index in [0.717, 1.165) is 22.1 Å². The van der Waals surface area contributed by atoms with Gasteiger partial charge in [-0.05, 0) is 30.2 Å². The lowest BCUT2D eigenvalue weighted by atomic mass is 9.98. The highest BCUT2D eigenvalue weighted by molar-refractivity contribution is 5.94. The van der Waals surface area contributed by atoms with Crippen LogP contribution in [0.2, 0.25) is 0 Å². The van der Waals surface area contributed by atoms with Crippen LogP contribution in [0, 0.1) is 6.92 Å². The van der Waals surface area contributed by atoms with Gasteiger partial charge in [-0.15, -0.1) is 0 Å². The molecule has 1 aromatic heterocycles. The van der Waals surface area contributed by atoms with E-state index in [1.54, 1.807) is 18.2 Å². The molecule has 1 heterocycles. The minimum absolute atomic E-state index is 0.0396. The highest BCUT2D eigenvalue weighted by atomic mass is 16.6. The first-order chi connectivity index (χ1) is 13.0. The first kappa shape index (κ1) is 18.7. The third kappa shape index (κ3) is 4.01. The predicted molar refractivity (Wildman–Crippen MR) is 101 cm³/mol. The van der Waals surface area contributed by atoms with Gasteiger partial charge in [0.2, 0.25) is 6.10 Å². The Bertz CT molecular complexity index is 1020. The molecule has 140 valence electrons. The van der Waals surface area contributed by atoms with Crippen LogP contribution in [0.25, 0.3) is 22.1 Å². The fraction of sp³-hybridized carbons (Fsp3) is 0.238. The standard InChI is InChI=1S/C21H20O6/c1-13-6-4-5-7-15(13)17-11-20(22)27-18-10-14(8-9-16(17)18)26-19(12-24-2)21(23)25-3/h4-11,19H,12H2,1-3H3. The van der Waals surface area contributed by atoms with Gasteiger partial charge in [-0.2, -0.15) is 0 Å². The summed E-state index contributed by atoms with van der Waals surface area (Å²) >= 11 is 0. The van der Waals surface area contributed by atoms with Gasteiger partial charge in [0.15, 0.2) is 0 Å². The van der Waals surface area contributed by atoms with Crippen molar-refractivity contribution >= 4 is 16.9 Å². The minimum atomic E-state index is -0.913. The molecule has 0 saturated heterocycles. The number of fused-ring (bicyclic) bond motifs is 1. The summed E-state index contributed by atoms with van der Waals surface area (Å²) in [7, 11) is 2.75. The normalized spacial score (nSPS) is 12.0. The second-order valence-corrected chi connectivity index (χ2v) is 6.04. The monoisotopic (exact) mass is 368 g/mol. The number of hydrogen-bond donors (Lipinski definition) is 0. The number of aryl methyl sites for hydroxylation is 1. The molecule has 6 nitrogen and oxygen atoms in total. The van der Waals surface area contributed by atoms with Crippen molar-refractivity contribution in [2.24, 2.45) is 0 Å². The maximum atomic E-state index is 12.1. The third-order valence-corrected chi connectivity index (χ3v) is 4.21. The topological polar surface area (TPSA) is 75.0 Å². The Morgan fingerprint density at radius 3 is 2.56 bits per heavy atom. The first-order valence-corrected chi connectivity index (χ1v) is 8.41. The van der Waals surface area contributed by atoms with E-state index in [-0.39, 0.29) is 6.61 Å². The number of benzene rings is 2. The van der Waals surface area contributed by atoms with E-state index in [1.807, 2.05) is 31.2 Å². The molecule has 3 rings (SSSR count). The molecule has 0 saturated carbocycles. The second kappa shape index (κ2) is 8.05. The van der Waals surface area contributed by atoms with Crippen molar-refractivity contribution in [1.82, 2.24) is 0 Å². The van der Waals surface area contributed by atoms with E-state index < -0.39 is 17.7 Å². The molecule has 0 bridgehead atoms. The van der Waals surface area contributed by atoms with Crippen LogP contribution in [0.1, 0.15) is 5.56 Å². The fourth-order valence-corrected chi connectivity index (χ4v) is 2.91. The van der Waals surface area contributed by atoms with Crippen LogP contribution in [0.3, 0.4) is 0 Å². The number of hydrogen-bond acceptors (Lipinski definition) is 6. The molecule has 27 heavy (non-hydrogen) atoms. The zero-order valence-corrected chi connectivity index (χ0v) is 15.4. The molecule has 0 radical (unpaired) electrons. The summed E-state index contributed by atoms with van der Waals surface area (Å²) in [4.78, 5) is 23.9. The van der Waals surface area contributed by atoms with E-state index >= 15 is 0 Å². The Balaban J connectivity index is 2.05. The van der Waals surface area contributed by atoms with Gasteiger partial charge in [0.1, 0.15) is 11.3 Å². The van der Waals surface area contributed by atoms with E-state index in [0.29, 0.717) is 11.3 Å². The van der Waals surface area contributed by atoms with Crippen molar-refractivity contribution in [2.75, 3.05) is 20.8 Å². The zero-order chi connectivity index (χ0) is 19.4. The smallest absolute Gasteiger partial charge is 0.349 e. The van der Waals surface area contributed by atoms with E-state index in [4.69, 9.17) is 18.6 Å². The van der Waals surface area contributed by atoms with Crippen LogP contribution >= 0.6 is 0 Å².